The van der Waals surface area contributed by atoms with Crippen LogP contribution in [-0.2, 0) is 5.75 Å². The van der Waals surface area contributed by atoms with Crippen molar-refractivity contribution in [3.63, 3.8) is 0 Å². The van der Waals surface area contributed by atoms with E-state index in [1.54, 1.807) is 23.9 Å². The van der Waals surface area contributed by atoms with E-state index in [2.05, 4.69) is 10.2 Å². The van der Waals surface area contributed by atoms with Gasteiger partial charge in [-0.05, 0) is 48.9 Å². The molecule has 1 atom stereocenters. The highest BCUT2D eigenvalue weighted by Crippen LogP contribution is 2.33. The second-order valence-corrected chi connectivity index (χ2v) is 8.92. The summed E-state index contributed by atoms with van der Waals surface area (Å²) in [5, 5.41) is 11.4. The molecule has 4 rings (SSSR count). The van der Waals surface area contributed by atoms with E-state index >= 15 is 0 Å². The summed E-state index contributed by atoms with van der Waals surface area (Å²) in [6.07, 6.45) is -0.374. The van der Waals surface area contributed by atoms with Gasteiger partial charge in [0, 0.05) is 21.5 Å². The van der Waals surface area contributed by atoms with Crippen molar-refractivity contribution in [2.75, 3.05) is 0 Å². The van der Waals surface area contributed by atoms with E-state index in [9.17, 15) is 0 Å². The molecule has 0 fully saturated rings. The minimum atomic E-state index is -0.374. The Morgan fingerprint density at radius 1 is 0.903 bits per heavy atom. The van der Waals surface area contributed by atoms with E-state index in [1.165, 1.54) is 0 Å². The number of hydrogen-bond acceptors (Lipinski definition) is 4. The van der Waals surface area contributed by atoms with Crippen LogP contribution in [0.15, 0.2) is 78.0 Å². The fourth-order valence-electron chi connectivity index (χ4n) is 3.02. The van der Waals surface area contributed by atoms with Gasteiger partial charge in [-0.15, -0.1) is 10.2 Å². The zero-order chi connectivity index (χ0) is 21.8. The van der Waals surface area contributed by atoms with Crippen LogP contribution in [-0.4, -0.2) is 14.8 Å². The van der Waals surface area contributed by atoms with E-state index < -0.39 is 0 Å². The summed E-state index contributed by atoms with van der Waals surface area (Å²) < 4.78 is 8.10. The van der Waals surface area contributed by atoms with E-state index in [0.29, 0.717) is 32.4 Å². The Morgan fingerprint density at radius 3 is 2.39 bits per heavy atom. The van der Waals surface area contributed by atoms with Crippen molar-refractivity contribution in [3.8, 4) is 11.4 Å². The van der Waals surface area contributed by atoms with Gasteiger partial charge in [-0.1, -0.05) is 83.0 Å². The first-order valence-electron chi connectivity index (χ1n) is 9.51. The summed E-state index contributed by atoms with van der Waals surface area (Å²) in [7, 11) is 0. The van der Waals surface area contributed by atoms with E-state index in [0.717, 1.165) is 16.4 Å². The van der Waals surface area contributed by atoms with Crippen molar-refractivity contribution in [1.82, 2.24) is 14.8 Å². The molecule has 0 amide bonds. The standard InChI is InChI=1S/C23H18Cl3N3OS/c1-15(30-21-10-6-5-9-19(21)25)22-27-28-23(29(22)18-7-3-2-4-8-18)31-14-16-11-12-17(24)13-20(16)26/h2-13,15H,14H2,1H3. The smallest absolute Gasteiger partial charge is 0.196 e. The van der Waals surface area contributed by atoms with Gasteiger partial charge in [-0.2, -0.15) is 0 Å². The third kappa shape index (κ3) is 5.18. The number of thioether (sulfide) groups is 1. The Balaban J connectivity index is 1.65. The molecular formula is C23H18Cl3N3OS. The van der Waals surface area contributed by atoms with Crippen molar-refractivity contribution in [3.05, 3.63) is 99.3 Å². The molecule has 1 unspecified atom stereocenters. The zero-order valence-corrected chi connectivity index (χ0v) is 19.6. The molecule has 1 heterocycles. The van der Waals surface area contributed by atoms with Gasteiger partial charge in [-0.3, -0.25) is 4.57 Å². The number of para-hydroxylation sites is 2. The largest absolute Gasteiger partial charge is 0.481 e. The monoisotopic (exact) mass is 489 g/mol. The van der Waals surface area contributed by atoms with Gasteiger partial charge in [0.25, 0.3) is 0 Å². The van der Waals surface area contributed by atoms with Crippen LogP contribution in [0.2, 0.25) is 15.1 Å². The lowest BCUT2D eigenvalue weighted by Crippen LogP contribution is -2.11. The average molecular weight is 491 g/mol. The van der Waals surface area contributed by atoms with Gasteiger partial charge in [0.1, 0.15) is 5.75 Å². The van der Waals surface area contributed by atoms with Crippen LogP contribution >= 0.6 is 46.6 Å². The van der Waals surface area contributed by atoms with Crippen molar-refractivity contribution >= 4 is 46.6 Å². The van der Waals surface area contributed by atoms with Crippen LogP contribution in [0.5, 0.6) is 5.75 Å². The number of benzene rings is 3. The predicted molar refractivity (Wildman–Crippen MR) is 128 cm³/mol. The molecule has 0 saturated carbocycles. The summed E-state index contributed by atoms with van der Waals surface area (Å²) >= 11 is 20.2. The Morgan fingerprint density at radius 2 is 1.65 bits per heavy atom. The molecule has 1 aromatic heterocycles. The van der Waals surface area contributed by atoms with Crippen molar-refractivity contribution in [1.29, 1.82) is 0 Å². The molecule has 0 radical (unpaired) electrons. The normalized spacial score (nSPS) is 12.0. The topological polar surface area (TPSA) is 39.9 Å². The van der Waals surface area contributed by atoms with E-state index in [4.69, 9.17) is 39.5 Å². The Kier molecular flexibility index (Phi) is 7.08. The highest BCUT2D eigenvalue weighted by molar-refractivity contribution is 7.98. The van der Waals surface area contributed by atoms with Gasteiger partial charge >= 0.3 is 0 Å². The first kappa shape index (κ1) is 22.0. The summed E-state index contributed by atoms with van der Waals surface area (Å²) in [6.45, 7) is 1.93. The molecule has 4 aromatic rings. The van der Waals surface area contributed by atoms with E-state index in [-0.39, 0.29) is 6.10 Å². The number of aromatic nitrogens is 3. The third-order valence-electron chi connectivity index (χ3n) is 4.55. The molecule has 3 aromatic carbocycles. The maximum atomic E-state index is 6.34. The third-order valence-corrected chi connectivity index (χ3v) is 6.43. The van der Waals surface area contributed by atoms with Crippen LogP contribution < -0.4 is 4.74 Å². The highest BCUT2D eigenvalue weighted by atomic mass is 35.5. The van der Waals surface area contributed by atoms with Gasteiger partial charge < -0.3 is 4.74 Å². The molecule has 0 saturated heterocycles. The molecule has 0 aliphatic carbocycles. The molecule has 4 nitrogen and oxygen atoms in total. The molecule has 31 heavy (non-hydrogen) atoms. The molecule has 0 bridgehead atoms. The van der Waals surface area contributed by atoms with Gasteiger partial charge in [-0.25, -0.2) is 0 Å². The van der Waals surface area contributed by atoms with Crippen molar-refractivity contribution in [2.24, 2.45) is 0 Å². The number of nitrogens with zero attached hydrogens (tertiary/aromatic N) is 3. The quantitative estimate of drug-likeness (QED) is 0.249. The molecule has 0 aliphatic heterocycles. The number of halogens is 3. The summed E-state index contributed by atoms with van der Waals surface area (Å²) in [5.74, 6) is 1.90. The Bertz CT molecular complexity index is 1180. The Hall–Kier alpha value is -2.18. The van der Waals surface area contributed by atoms with Crippen LogP contribution in [0.1, 0.15) is 24.4 Å². The average Bonchev–Trinajstić information content (AvgIpc) is 3.19. The second-order valence-electron chi connectivity index (χ2n) is 6.73. The lowest BCUT2D eigenvalue weighted by Gasteiger charge is -2.17. The number of hydrogen-bond donors (Lipinski definition) is 0. The summed E-state index contributed by atoms with van der Waals surface area (Å²) in [4.78, 5) is 0. The van der Waals surface area contributed by atoms with Gasteiger partial charge in [0.05, 0.1) is 5.02 Å². The van der Waals surface area contributed by atoms with Crippen LogP contribution in [0, 0.1) is 0 Å². The number of rotatable bonds is 7. The SMILES string of the molecule is CC(Oc1ccccc1Cl)c1nnc(SCc2ccc(Cl)cc2Cl)n1-c1ccccc1. The van der Waals surface area contributed by atoms with Gasteiger partial charge in [0.15, 0.2) is 17.1 Å². The predicted octanol–water partition coefficient (Wildman–Crippen LogP) is 7.66. The Labute approximate surface area is 200 Å². The maximum absolute atomic E-state index is 6.34. The lowest BCUT2D eigenvalue weighted by atomic mass is 10.2. The van der Waals surface area contributed by atoms with Crippen LogP contribution in [0.4, 0.5) is 0 Å². The minimum absolute atomic E-state index is 0.374. The molecule has 158 valence electrons. The maximum Gasteiger partial charge on any atom is 0.196 e. The zero-order valence-electron chi connectivity index (χ0n) is 16.5. The minimum Gasteiger partial charge on any atom is -0.481 e. The number of ether oxygens (including phenoxy) is 1. The fraction of sp³-hybridized carbons (Fsp3) is 0.130. The fourth-order valence-corrected chi connectivity index (χ4v) is 4.72. The molecule has 0 aliphatic rings. The molecular weight excluding hydrogens is 473 g/mol. The summed E-state index contributed by atoms with van der Waals surface area (Å²) in [6, 6.07) is 22.8. The molecule has 0 N–H and O–H groups in total. The van der Waals surface area contributed by atoms with E-state index in [1.807, 2.05) is 72.2 Å². The molecule has 0 spiro atoms. The lowest BCUT2D eigenvalue weighted by molar-refractivity contribution is 0.213. The molecule has 8 heteroatoms. The first-order chi connectivity index (χ1) is 15.0. The van der Waals surface area contributed by atoms with Crippen molar-refractivity contribution < 1.29 is 4.74 Å². The summed E-state index contributed by atoms with van der Waals surface area (Å²) in [5.41, 5.74) is 1.92. The van der Waals surface area contributed by atoms with Crippen molar-refractivity contribution in [2.45, 2.75) is 23.9 Å². The first-order valence-corrected chi connectivity index (χ1v) is 11.6. The highest BCUT2D eigenvalue weighted by Gasteiger charge is 2.22. The van der Waals surface area contributed by atoms with Gasteiger partial charge in [0.2, 0.25) is 0 Å². The van der Waals surface area contributed by atoms with Crippen LogP contribution in [0.25, 0.3) is 5.69 Å². The van der Waals surface area contributed by atoms with Crippen LogP contribution in [0.3, 0.4) is 0 Å². The second kappa shape index (κ2) is 9.96.